The molecule has 3 nitrogen and oxygen atoms in total. The molecule has 1 aromatic heterocycles. The van der Waals surface area contributed by atoms with Crippen LogP contribution in [0, 0.1) is 0 Å². The van der Waals surface area contributed by atoms with E-state index in [1.54, 1.807) is 24.5 Å². The summed E-state index contributed by atoms with van der Waals surface area (Å²) in [4.78, 5) is 20.3. The molecule has 0 amide bonds. The van der Waals surface area contributed by atoms with E-state index in [0.717, 1.165) is 25.9 Å². The molecule has 0 spiro atoms. The minimum Gasteiger partial charge on any atom is -0.497 e. The third-order valence-corrected chi connectivity index (χ3v) is 3.93. The second kappa shape index (κ2) is 8.17. The Balaban J connectivity index is 0.000000961. The lowest BCUT2D eigenvalue weighted by atomic mass is 10.2. The summed E-state index contributed by atoms with van der Waals surface area (Å²) in [7, 11) is 1.61. The summed E-state index contributed by atoms with van der Waals surface area (Å²) in [5.41, 5.74) is 0.0771. The first-order valence-electron chi connectivity index (χ1n) is 5.58. The van der Waals surface area contributed by atoms with Crippen molar-refractivity contribution in [1.82, 2.24) is 0 Å². The maximum Gasteiger partial charge on any atom is 0.196 e. The van der Waals surface area contributed by atoms with Gasteiger partial charge in [0.05, 0.1) is 7.11 Å². The molecule has 0 fully saturated rings. The van der Waals surface area contributed by atoms with E-state index in [4.69, 9.17) is 9.53 Å². The Morgan fingerprint density at radius 2 is 1.57 bits per heavy atom. The molecule has 0 unspecified atom stereocenters. The number of carbonyl (C=O) groups excluding carboxylic acids is 1. The molecule has 0 bridgehead atoms. The predicted octanol–water partition coefficient (Wildman–Crippen LogP) is 4.51. The van der Waals surface area contributed by atoms with Gasteiger partial charge >= 0.3 is 0 Å². The molecule has 0 radical (unpaired) electrons. The molecule has 0 saturated heterocycles. The fourth-order valence-electron chi connectivity index (χ4n) is 1.91. The molecule has 3 rings (SSSR count). The monoisotopic (exact) mass is 304 g/mol. The lowest BCUT2D eigenvalue weighted by Crippen LogP contribution is -2.00. The van der Waals surface area contributed by atoms with Crippen LogP contribution in [-0.2, 0) is 4.79 Å². The summed E-state index contributed by atoms with van der Waals surface area (Å²) in [5, 5.41) is 1.51. The molecule has 112 valence electrons. The molecular weight excluding hydrogens is 284 g/mol. The number of carbonyl (C=O) groups is 1. The summed E-state index contributed by atoms with van der Waals surface area (Å²) in [6.45, 7) is 2.00. The van der Waals surface area contributed by atoms with E-state index in [1.165, 1.54) is 0 Å². The largest absolute Gasteiger partial charge is 0.497 e. The van der Waals surface area contributed by atoms with Crippen LogP contribution in [0.2, 0.25) is 0 Å². The molecule has 0 aliphatic heterocycles. The molecule has 4 heteroatoms. The second-order valence-corrected chi connectivity index (χ2v) is 4.87. The van der Waals surface area contributed by atoms with E-state index in [-0.39, 0.29) is 20.3 Å². The van der Waals surface area contributed by atoms with Gasteiger partial charge < -0.3 is 9.53 Å². The lowest BCUT2D eigenvalue weighted by Gasteiger charge is -2.03. The molecule has 2 aromatic carbocycles. The summed E-state index contributed by atoms with van der Waals surface area (Å²) >= 11 is 1.63. The minimum absolute atomic E-state index is 0. The molecule has 0 aliphatic carbocycles. The van der Waals surface area contributed by atoms with Crippen LogP contribution in [0.5, 0.6) is 5.75 Å². The first-order valence-corrected chi connectivity index (χ1v) is 6.40. The molecule has 1 heterocycles. The fraction of sp³-hybridized carbons (Fsp3) is 0.176. The average Bonchev–Trinajstić information content (AvgIpc) is 2.49. The highest BCUT2D eigenvalue weighted by atomic mass is 32.1. The van der Waals surface area contributed by atoms with Crippen LogP contribution in [0.25, 0.3) is 20.2 Å². The molecular formula is C17H20O3S. The van der Waals surface area contributed by atoms with Crippen LogP contribution < -0.4 is 10.2 Å². The van der Waals surface area contributed by atoms with Crippen molar-refractivity contribution in [2.45, 2.75) is 14.9 Å². The Kier molecular flexibility index (Phi) is 7.31. The summed E-state index contributed by atoms with van der Waals surface area (Å²) in [6, 6.07) is 13.3. The van der Waals surface area contributed by atoms with Crippen molar-refractivity contribution in [3.63, 3.8) is 0 Å². The SMILES string of the molecule is C.C.C=O.COc1ccc2sc3ccccc3c(=O)c2c1. The molecule has 0 aliphatic rings. The average molecular weight is 304 g/mol. The smallest absolute Gasteiger partial charge is 0.196 e. The number of hydrogen-bond donors (Lipinski definition) is 0. The van der Waals surface area contributed by atoms with Gasteiger partial charge in [-0.25, -0.2) is 0 Å². The number of ether oxygens (including phenoxy) is 1. The zero-order valence-corrected chi connectivity index (χ0v) is 11.2. The van der Waals surface area contributed by atoms with Crippen molar-refractivity contribution in [3.8, 4) is 5.75 Å². The third-order valence-electron chi connectivity index (χ3n) is 2.78. The van der Waals surface area contributed by atoms with Gasteiger partial charge in [-0.3, -0.25) is 4.79 Å². The zero-order valence-electron chi connectivity index (χ0n) is 10.4. The normalized spacial score (nSPS) is 9.00. The van der Waals surface area contributed by atoms with Crippen LogP contribution in [-0.4, -0.2) is 13.9 Å². The first-order chi connectivity index (χ1) is 9.29. The highest BCUT2D eigenvalue weighted by Gasteiger charge is 2.06. The molecule has 0 N–H and O–H groups in total. The Bertz CT molecular complexity index is 778. The van der Waals surface area contributed by atoms with Crippen molar-refractivity contribution in [3.05, 3.63) is 52.7 Å². The van der Waals surface area contributed by atoms with Crippen LogP contribution in [0.15, 0.2) is 47.3 Å². The number of benzene rings is 2. The van der Waals surface area contributed by atoms with Crippen molar-refractivity contribution < 1.29 is 9.53 Å². The van der Waals surface area contributed by atoms with Gasteiger partial charge in [-0.2, -0.15) is 0 Å². The van der Waals surface area contributed by atoms with Crippen LogP contribution in [0.4, 0.5) is 0 Å². The second-order valence-electron chi connectivity index (χ2n) is 3.79. The van der Waals surface area contributed by atoms with Gasteiger partial charge in [0.1, 0.15) is 12.5 Å². The van der Waals surface area contributed by atoms with Crippen molar-refractivity contribution in [1.29, 1.82) is 0 Å². The summed E-state index contributed by atoms with van der Waals surface area (Å²) < 4.78 is 7.17. The van der Waals surface area contributed by atoms with Gasteiger partial charge in [0.15, 0.2) is 5.43 Å². The zero-order chi connectivity index (χ0) is 13.8. The van der Waals surface area contributed by atoms with E-state index in [0.29, 0.717) is 0 Å². The minimum atomic E-state index is 0. The molecule has 0 saturated carbocycles. The Morgan fingerprint density at radius 1 is 0.952 bits per heavy atom. The van der Waals surface area contributed by atoms with E-state index in [2.05, 4.69) is 0 Å². The van der Waals surface area contributed by atoms with E-state index < -0.39 is 0 Å². The quantitative estimate of drug-likeness (QED) is 0.621. The molecule has 21 heavy (non-hydrogen) atoms. The summed E-state index contributed by atoms with van der Waals surface area (Å²) in [5.74, 6) is 0.720. The number of methoxy groups -OCH3 is 1. The van der Waals surface area contributed by atoms with Crippen LogP contribution in [0.3, 0.4) is 0 Å². The number of fused-ring (bicyclic) bond motifs is 2. The van der Waals surface area contributed by atoms with E-state index in [9.17, 15) is 4.79 Å². The van der Waals surface area contributed by atoms with E-state index >= 15 is 0 Å². The Morgan fingerprint density at radius 3 is 2.24 bits per heavy atom. The van der Waals surface area contributed by atoms with Gasteiger partial charge in [-0.15, -0.1) is 11.3 Å². The maximum atomic E-state index is 12.3. The van der Waals surface area contributed by atoms with Crippen LogP contribution in [0.1, 0.15) is 14.9 Å². The van der Waals surface area contributed by atoms with Gasteiger partial charge in [-0.05, 0) is 30.3 Å². The highest BCUT2D eigenvalue weighted by molar-refractivity contribution is 7.24. The van der Waals surface area contributed by atoms with Gasteiger partial charge in [0, 0.05) is 20.2 Å². The maximum absolute atomic E-state index is 12.3. The third kappa shape index (κ3) is 3.47. The number of hydrogen-bond acceptors (Lipinski definition) is 4. The Hall–Kier alpha value is -2.20. The van der Waals surface area contributed by atoms with Gasteiger partial charge in [0.2, 0.25) is 0 Å². The number of rotatable bonds is 1. The fourth-order valence-corrected chi connectivity index (χ4v) is 2.96. The van der Waals surface area contributed by atoms with Crippen molar-refractivity contribution >= 4 is 38.3 Å². The first kappa shape index (κ1) is 18.8. The van der Waals surface area contributed by atoms with Gasteiger partial charge in [-0.1, -0.05) is 27.0 Å². The van der Waals surface area contributed by atoms with Crippen LogP contribution >= 0.6 is 11.3 Å². The Labute approximate surface area is 128 Å². The van der Waals surface area contributed by atoms with Gasteiger partial charge in [0.25, 0.3) is 0 Å². The van der Waals surface area contributed by atoms with Crippen molar-refractivity contribution in [2.75, 3.05) is 7.11 Å². The summed E-state index contributed by atoms with van der Waals surface area (Å²) in [6.07, 6.45) is 0. The molecule has 0 atom stereocenters. The standard InChI is InChI=1S/C14H10O2S.CH2O.2CH4/c1-16-9-6-7-13-11(8-9)14(15)10-4-2-3-5-12(10)17-13;1-2;;/h2-8H,1H3;1H2;2*1H4. The predicted molar refractivity (Wildman–Crippen MR) is 92.7 cm³/mol. The topological polar surface area (TPSA) is 43.4 Å². The van der Waals surface area contributed by atoms with E-state index in [1.807, 2.05) is 43.2 Å². The lowest BCUT2D eigenvalue weighted by molar-refractivity contribution is -0.0979. The highest BCUT2D eigenvalue weighted by Crippen LogP contribution is 2.26. The molecule has 3 aromatic rings. The van der Waals surface area contributed by atoms with Crippen molar-refractivity contribution in [2.24, 2.45) is 0 Å².